The third kappa shape index (κ3) is 6.60. The van der Waals surface area contributed by atoms with Gasteiger partial charge in [0.2, 0.25) is 0 Å². The van der Waals surface area contributed by atoms with Crippen LogP contribution in [0.25, 0.3) is 0 Å². The Labute approximate surface area is 189 Å². The first kappa shape index (κ1) is 24.5. The average Bonchev–Trinajstić information content (AvgIpc) is 3.05. The van der Waals surface area contributed by atoms with Crippen molar-refractivity contribution in [2.24, 2.45) is 11.7 Å². The molecule has 9 nitrogen and oxygen atoms in total. The second kappa shape index (κ2) is 10.5. The second-order valence-electron chi connectivity index (χ2n) is 7.58. The molecule has 2 atom stereocenters. The number of carbonyl (C=O) groups is 3. The lowest BCUT2D eigenvalue weighted by molar-refractivity contribution is -0.148. The molecule has 0 saturated carbocycles. The van der Waals surface area contributed by atoms with Gasteiger partial charge in [-0.05, 0) is 36.1 Å². The van der Waals surface area contributed by atoms with E-state index in [-0.39, 0.29) is 18.8 Å². The molecule has 0 bridgehead atoms. The molecule has 0 aliphatic rings. The molecule has 2 aromatic rings. The number of benzene rings is 1. The largest absolute Gasteiger partial charge is 0.480 e. The summed E-state index contributed by atoms with van der Waals surface area (Å²) in [5.41, 5.74) is 6.66. The quantitative estimate of drug-likeness (QED) is 0.487. The van der Waals surface area contributed by atoms with Gasteiger partial charge >= 0.3 is 18.0 Å². The summed E-state index contributed by atoms with van der Waals surface area (Å²) in [4.78, 5) is 40.7. The molecule has 2 amide bonds. The number of hydrogen-bond donors (Lipinski definition) is 3. The van der Waals surface area contributed by atoms with Gasteiger partial charge in [0.25, 0.3) is 0 Å². The first-order chi connectivity index (χ1) is 14.5. The van der Waals surface area contributed by atoms with Gasteiger partial charge in [0.05, 0.1) is 6.33 Å². The Bertz CT molecular complexity index is 943. The smallest absolute Gasteiger partial charge is 0.326 e. The van der Waals surface area contributed by atoms with Crippen molar-refractivity contribution < 1.29 is 24.6 Å². The lowest BCUT2D eigenvalue weighted by Gasteiger charge is -2.33. The molecule has 168 valence electrons. The van der Waals surface area contributed by atoms with E-state index in [4.69, 9.17) is 28.9 Å². The fourth-order valence-corrected chi connectivity index (χ4v) is 3.94. The zero-order chi connectivity index (χ0) is 23.3. The molecule has 0 fully saturated rings. The SMILES string of the molecule is CC(C)C[C@@H](C(=O)O)N(C(N)=O)[C@@H](Cc1cncn1Cc1cc(Cl)cc(Cl)c1)C(=O)O. The van der Waals surface area contributed by atoms with Crippen LogP contribution in [0.3, 0.4) is 0 Å². The summed E-state index contributed by atoms with van der Waals surface area (Å²) in [5.74, 6) is -2.79. The maximum Gasteiger partial charge on any atom is 0.326 e. The molecule has 1 heterocycles. The zero-order valence-corrected chi connectivity index (χ0v) is 18.5. The van der Waals surface area contributed by atoms with Crippen LogP contribution in [0.5, 0.6) is 0 Å². The van der Waals surface area contributed by atoms with Gasteiger partial charge < -0.3 is 20.5 Å². The Morgan fingerprint density at radius 1 is 1.10 bits per heavy atom. The fourth-order valence-electron chi connectivity index (χ4n) is 3.37. The number of rotatable bonds is 10. The molecular weight excluding hydrogens is 447 g/mol. The van der Waals surface area contributed by atoms with Gasteiger partial charge in [-0.25, -0.2) is 19.4 Å². The molecule has 1 aromatic heterocycles. The number of carboxylic acids is 2. The van der Waals surface area contributed by atoms with E-state index < -0.39 is 30.1 Å². The predicted molar refractivity (Wildman–Crippen MR) is 115 cm³/mol. The van der Waals surface area contributed by atoms with E-state index in [1.807, 2.05) is 0 Å². The number of nitrogens with two attached hydrogens (primary N) is 1. The molecule has 31 heavy (non-hydrogen) atoms. The maximum atomic E-state index is 12.1. The van der Waals surface area contributed by atoms with Crippen molar-refractivity contribution in [2.45, 2.75) is 45.3 Å². The van der Waals surface area contributed by atoms with E-state index in [9.17, 15) is 24.6 Å². The van der Waals surface area contributed by atoms with Crippen LogP contribution in [0.2, 0.25) is 10.0 Å². The fraction of sp³-hybridized carbons (Fsp3) is 0.400. The van der Waals surface area contributed by atoms with Crippen LogP contribution in [0.15, 0.2) is 30.7 Å². The van der Waals surface area contributed by atoms with Gasteiger partial charge in [-0.3, -0.25) is 4.90 Å². The molecule has 0 spiro atoms. The Kier molecular flexibility index (Phi) is 8.29. The van der Waals surface area contributed by atoms with Crippen LogP contribution in [0.1, 0.15) is 31.5 Å². The lowest BCUT2D eigenvalue weighted by atomic mass is 9.99. The number of primary amides is 1. The lowest BCUT2D eigenvalue weighted by Crippen LogP contribution is -2.57. The molecule has 2 rings (SSSR count). The highest BCUT2D eigenvalue weighted by molar-refractivity contribution is 6.34. The monoisotopic (exact) mass is 470 g/mol. The van der Waals surface area contributed by atoms with E-state index in [0.717, 1.165) is 10.5 Å². The Hall–Kier alpha value is -2.78. The topological polar surface area (TPSA) is 139 Å². The average molecular weight is 471 g/mol. The molecular formula is C20H24Cl2N4O5. The van der Waals surface area contributed by atoms with Crippen molar-refractivity contribution in [3.8, 4) is 0 Å². The van der Waals surface area contributed by atoms with E-state index >= 15 is 0 Å². The molecule has 4 N–H and O–H groups in total. The van der Waals surface area contributed by atoms with Crippen LogP contribution in [0.4, 0.5) is 4.79 Å². The number of nitrogens with zero attached hydrogens (tertiary/aromatic N) is 3. The maximum absolute atomic E-state index is 12.1. The van der Waals surface area contributed by atoms with Gasteiger partial charge in [-0.1, -0.05) is 37.0 Å². The molecule has 0 aliphatic carbocycles. The number of urea groups is 1. The summed E-state index contributed by atoms with van der Waals surface area (Å²) in [7, 11) is 0. The van der Waals surface area contributed by atoms with E-state index in [1.54, 1.807) is 36.6 Å². The highest BCUT2D eigenvalue weighted by Crippen LogP contribution is 2.22. The summed E-state index contributed by atoms with van der Waals surface area (Å²) >= 11 is 12.1. The van der Waals surface area contributed by atoms with Gasteiger partial charge in [-0.2, -0.15) is 0 Å². The van der Waals surface area contributed by atoms with Crippen molar-refractivity contribution in [1.29, 1.82) is 0 Å². The van der Waals surface area contributed by atoms with E-state index in [0.29, 0.717) is 22.3 Å². The van der Waals surface area contributed by atoms with Gasteiger partial charge in [0.1, 0.15) is 12.1 Å². The van der Waals surface area contributed by atoms with Gasteiger partial charge in [-0.15, -0.1) is 0 Å². The Morgan fingerprint density at radius 2 is 1.68 bits per heavy atom. The third-order valence-corrected chi connectivity index (χ3v) is 5.10. The van der Waals surface area contributed by atoms with Crippen molar-refractivity contribution in [3.63, 3.8) is 0 Å². The highest BCUT2D eigenvalue weighted by atomic mass is 35.5. The normalized spacial score (nSPS) is 13.1. The number of aliphatic carboxylic acids is 2. The van der Waals surface area contributed by atoms with Crippen molar-refractivity contribution in [3.05, 3.63) is 52.0 Å². The minimum Gasteiger partial charge on any atom is -0.480 e. The minimum atomic E-state index is -1.49. The number of carboxylic acid groups (broad SMARTS) is 2. The van der Waals surface area contributed by atoms with E-state index in [1.165, 1.54) is 12.5 Å². The third-order valence-electron chi connectivity index (χ3n) is 4.67. The number of amides is 2. The zero-order valence-electron chi connectivity index (χ0n) is 17.0. The van der Waals surface area contributed by atoms with Crippen LogP contribution in [-0.2, 0) is 22.6 Å². The summed E-state index contributed by atoms with van der Waals surface area (Å²) in [6.45, 7) is 3.85. The standard InChI is InChI=1S/C20H24Cl2N4O5/c1-11(2)3-16(18(27)28)26(20(23)31)17(19(29)30)7-15-8-24-10-25(15)9-12-4-13(21)6-14(22)5-12/h4-6,8,10-11,16-17H,3,7,9H2,1-2H3,(H2,23,31)(H,27,28)(H,29,30)/t16-,17-/m0/s1. The molecule has 0 radical (unpaired) electrons. The summed E-state index contributed by atoms with van der Waals surface area (Å²) < 4.78 is 1.68. The van der Waals surface area contributed by atoms with Crippen LogP contribution >= 0.6 is 23.2 Å². The summed E-state index contributed by atoms with van der Waals surface area (Å²) in [6.07, 6.45) is 2.83. The van der Waals surface area contributed by atoms with Crippen molar-refractivity contribution in [2.75, 3.05) is 0 Å². The molecule has 0 aliphatic heterocycles. The number of aromatic nitrogens is 2. The number of halogens is 2. The Balaban J connectivity index is 2.36. The minimum absolute atomic E-state index is 0.0579. The van der Waals surface area contributed by atoms with Gasteiger partial charge in [0.15, 0.2) is 0 Å². The number of hydrogen-bond acceptors (Lipinski definition) is 4. The number of carbonyl (C=O) groups excluding carboxylic acids is 1. The Morgan fingerprint density at radius 3 is 2.16 bits per heavy atom. The molecule has 1 aromatic carbocycles. The second-order valence-corrected chi connectivity index (χ2v) is 8.45. The first-order valence-corrected chi connectivity index (χ1v) is 10.2. The molecule has 11 heteroatoms. The summed E-state index contributed by atoms with van der Waals surface area (Å²) in [5, 5.41) is 20.3. The van der Waals surface area contributed by atoms with E-state index in [2.05, 4.69) is 4.98 Å². The molecule has 0 saturated heterocycles. The number of imidazole rings is 1. The summed E-state index contributed by atoms with van der Waals surface area (Å²) in [6, 6.07) is 1.04. The highest BCUT2D eigenvalue weighted by Gasteiger charge is 2.38. The van der Waals surface area contributed by atoms with Crippen LogP contribution in [-0.4, -0.2) is 54.7 Å². The van der Waals surface area contributed by atoms with Gasteiger partial charge in [0, 0.05) is 34.9 Å². The van der Waals surface area contributed by atoms with Crippen molar-refractivity contribution in [1.82, 2.24) is 14.5 Å². The molecule has 0 unspecified atom stereocenters. The van der Waals surface area contributed by atoms with Crippen LogP contribution in [0, 0.1) is 5.92 Å². The first-order valence-electron chi connectivity index (χ1n) is 9.47. The van der Waals surface area contributed by atoms with Crippen LogP contribution < -0.4 is 5.73 Å². The predicted octanol–water partition coefficient (Wildman–Crippen LogP) is 3.11. The van der Waals surface area contributed by atoms with Crippen molar-refractivity contribution >= 4 is 41.2 Å².